The molecule has 2 aromatic rings. The summed E-state index contributed by atoms with van der Waals surface area (Å²) >= 11 is 1.52. The van der Waals surface area contributed by atoms with Crippen molar-refractivity contribution in [2.75, 3.05) is 20.2 Å². The number of carbonyl (C=O) groups is 1. The van der Waals surface area contributed by atoms with E-state index in [0.717, 1.165) is 23.3 Å². The number of carbonyl (C=O) groups excluding carboxylic acids is 1. The average Bonchev–Trinajstić information content (AvgIpc) is 3.09. The number of urea groups is 1. The van der Waals surface area contributed by atoms with Gasteiger partial charge in [-0.15, -0.1) is 0 Å². The molecule has 1 aromatic heterocycles. The van der Waals surface area contributed by atoms with Crippen LogP contribution in [0.4, 0.5) is 4.79 Å². The van der Waals surface area contributed by atoms with Gasteiger partial charge < -0.3 is 20.5 Å². The van der Waals surface area contributed by atoms with Crippen molar-refractivity contribution in [1.29, 1.82) is 0 Å². The van der Waals surface area contributed by atoms with Gasteiger partial charge in [-0.25, -0.2) is 4.79 Å². The molecule has 0 saturated carbocycles. The highest BCUT2D eigenvalue weighted by molar-refractivity contribution is 7.08. The Morgan fingerprint density at radius 2 is 2.00 bits per heavy atom. The van der Waals surface area contributed by atoms with Crippen LogP contribution in [0, 0.1) is 0 Å². The van der Waals surface area contributed by atoms with Gasteiger partial charge in [-0.3, -0.25) is 0 Å². The molecule has 1 aromatic carbocycles. The van der Waals surface area contributed by atoms with E-state index in [1.807, 2.05) is 41.1 Å². The van der Waals surface area contributed by atoms with Crippen LogP contribution in [0.5, 0.6) is 5.75 Å². The van der Waals surface area contributed by atoms with E-state index in [1.54, 1.807) is 14.0 Å². The predicted molar refractivity (Wildman–Crippen MR) is 92.0 cm³/mol. The van der Waals surface area contributed by atoms with Crippen LogP contribution in [0.1, 0.15) is 18.1 Å². The SMILES string of the molecule is COc1ccc(CCNC(=O)NC[C@](C)(O)c2ccsc2)cc1. The lowest BCUT2D eigenvalue weighted by Crippen LogP contribution is -2.43. The first-order chi connectivity index (χ1) is 11.0. The highest BCUT2D eigenvalue weighted by atomic mass is 32.1. The number of benzene rings is 1. The summed E-state index contributed by atoms with van der Waals surface area (Å²) in [5, 5.41) is 19.6. The van der Waals surface area contributed by atoms with Crippen molar-refractivity contribution in [2.24, 2.45) is 0 Å². The number of hydrogen-bond acceptors (Lipinski definition) is 4. The summed E-state index contributed by atoms with van der Waals surface area (Å²) in [6, 6.07) is 9.31. The van der Waals surface area contributed by atoms with Gasteiger partial charge in [-0.05, 0) is 53.4 Å². The van der Waals surface area contributed by atoms with Crippen LogP contribution in [0.3, 0.4) is 0 Å². The zero-order chi connectivity index (χ0) is 16.7. The molecule has 1 heterocycles. The van der Waals surface area contributed by atoms with E-state index in [1.165, 1.54) is 11.3 Å². The van der Waals surface area contributed by atoms with Crippen molar-refractivity contribution < 1.29 is 14.6 Å². The van der Waals surface area contributed by atoms with Crippen LogP contribution in [-0.4, -0.2) is 31.3 Å². The molecule has 0 bridgehead atoms. The van der Waals surface area contributed by atoms with Crippen LogP contribution in [0.15, 0.2) is 41.1 Å². The quantitative estimate of drug-likeness (QED) is 0.728. The van der Waals surface area contributed by atoms with Crippen LogP contribution < -0.4 is 15.4 Å². The van der Waals surface area contributed by atoms with Crippen molar-refractivity contribution in [3.8, 4) is 5.75 Å². The molecule has 0 fully saturated rings. The van der Waals surface area contributed by atoms with E-state index in [9.17, 15) is 9.90 Å². The van der Waals surface area contributed by atoms with Gasteiger partial charge in [0.25, 0.3) is 0 Å². The second-order valence-corrected chi connectivity index (χ2v) is 6.27. The molecule has 0 aliphatic carbocycles. The monoisotopic (exact) mass is 334 g/mol. The first kappa shape index (κ1) is 17.3. The summed E-state index contributed by atoms with van der Waals surface area (Å²) in [6.45, 7) is 2.38. The van der Waals surface area contributed by atoms with Crippen LogP contribution in [0.25, 0.3) is 0 Å². The van der Waals surface area contributed by atoms with Crippen molar-refractivity contribution in [3.63, 3.8) is 0 Å². The molecule has 0 saturated heterocycles. The van der Waals surface area contributed by atoms with Crippen LogP contribution >= 0.6 is 11.3 Å². The maximum Gasteiger partial charge on any atom is 0.314 e. The van der Waals surface area contributed by atoms with E-state index in [0.29, 0.717) is 6.54 Å². The highest BCUT2D eigenvalue weighted by Gasteiger charge is 2.23. The third kappa shape index (κ3) is 5.26. The molecule has 2 rings (SSSR count). The Morgan fingerprint density at radius 3 is 2.61 bits per heavy atom. The molecule has 3 N–H and O–H groups in total. The molecule has 2 amide bonds. The number of methoxy groups -OCH3 is 1. The van der Waals surface area contributed by atoms with Crippen molar-refractivity contribution in [3.05, 3.63) is 52.2 Å². The van der Waals surface area contributed by atoms with Crippen LogP contribution in [0.2, 0.25) is 0 Å². The molecule has 1 atom stereocenters. The van der Waals surface area contributed by atoms with Crippen molar-refractivity contribution in [1.82, 2.24) is 10.6 Å². The molecule has 5 nitrogen and oxygen atoms in total. The Hall–Kier alpha value is -2.05. The van der Waals surface area contributed by atoms with Crippen molar-refractivity contribution >= 4 is 17.4 Å². The summed E-state index contributed by atoms with van der Waals surface area (Å²) in [5.74, 6) is 0.815. The fourth-order valence-electron chi connectivity index (χ4n) is 2.10. The summed E-state index contributed by atoms with van der Waals surface area (Å²) in [4.78, 5) is 11.8. The first-order valence-electron chi connectivity index (χ1n) is 7.41. The largest absolute Gasteiger partial charge is 0.497 e. The van der Waals surface area contributed by atoms with Gasteiger partial charge in [0.1, 0.15) is 11.4 Å². The Labute approximate surface area is 140 Å². The third-order valence-corrected chi connectivity index (χ3v) is 4.28. The second kappa shape index (κ2) is 7.99. The minimum Gasteiger partial charge on any atom is -0.497 e. The Kier molecular flexibility index (Phi) is 6.01. The normalized spacial score (nSPS) is 13.2. The summed E-state index contributed by atoms with van der Waals surface area (Å²) in [5.41, 5.74) is 0.866. The molecule has 0 unspecified atom stereocenters. The topological polar surface area (TPSA) is 70.6 Å². The van der Waals surface area contributed by atoms with Gasteiger partial charge >= 0.3 is 6.03 Å². The maximum absolute atomic E-state index is 11.8. The van der Waals surface area contributed by atoms with E-state index in [-0.39, 0.29) is 12.6 Å². The van der Waals surface area contributed by atoms with Crippen LogP contribution in [-0.2, 0) is 12.0 Å². The van der Waals surface area contributed by atoms with Crippen molar-refractivity contribution in [2.45, 2.75) is 18.9 Å². The molecule has 6 heteroatoms. The minimum atomic E-state index is -1.06. The van der Waals surface area contributed by atoms with Gasteiger partial charge in [-0.2, -0.15) is 11.3 Å². The zero-order valence-corrected chi connectivity index (χ0v) is 14.2. The molecule has 23 heavy (non-hydrogen) atoms. The van der Waals surface area contributed by atoms with Gasteiger partial charge in [0, 0.05) is 6.54 Å². The number of thiophene rings is 1. The fraction of sp³-hybridized carbons (Fsp3) is 0.353. The molecule has 0 spiro atoms. The summed E-state index contributed by atoms with van der Waals surface area (Å²) < 4.78 is 5.10. The Morgan fingerprint density at radius 1 is 1.26 bits per heavy atom. The molecular formula is C17H22N2O3S. The molecule has 0 radical (unpaired) electrons. The number of aliphatic hydroxyl groups is 1. The smallest absolute Gasteiger partial charge is 0.314 e. The van der Waals surface area contributed by atoms with E-state index < -0.39 is 5.60 Å². The highest BCUT2D eigenvalue weighted by Crippen LogP contribution is 2.21. The van der Waals surface area contributed by atoms with Gasteiger partial charge in [-0.1, -0.05) is 12.1 Å². The molecular weight excluding hydrogens is 312 g/mol. The molecule has 0 aliphatic heterocycles. The summed E-state index contributed by atoms with van der Waals surface area (Å²) in [7, 11) is 1.63. The van der Waals surface area contributed by atoms with E-state index >= 15 is 0 Å². The number of hydrogen-bond donors (Lipinski definition) is 3. The lowest BCUT2D eigenvalue weighted by Gasteiger charge is -2.22. The van der Waals surface area contributed by atoms with Gasteiger partial charge in [0.05, 0.1) is 13.7 Å². The van der Waals surface area contributed by atoms with Gasteiger partial charge in [0.2, 0.25) is 0 Å². The molecule has 124 valence electrons. The average molecular weight is 334 g/mol. The fourth-order valence-corrected chi connectivity index (χ4v) is 2.88. The van der Waals surface area contributed by atoms with E-state index in [2.05, 4.69) is 10.6 Å². The first-order valence-corrected chi connectivity index (χ1v) is 8.35. The maximum atomic E-state index is 11.8. The molecule has 0 aliphatic rings. The van der Waals surface area contributed by atoms with E-state index in [4.69, 9.17) is 4.74 Å². The van der Waals surface area contributed by atoms with Gasteiger partial charge in [0.15, 0.2) is 0 Å². The minimum absolute atomic E-state index is 0.165. The number of ether oxygens (including phenoxy) is 1. The summed E-state index contributed by atoms with van der Waals surface area (Å²) in [6.07, 6.45) is 0.734. The number of nitrogens with one attached hydrogen (secondary N) is 2. The second-order valence-electron chi connectivity index (χ2n) is 5.49. The zero-order valence-electron chi connectivity index (χ0n) is 13.3. The lowest BCUT2D eigenvalue weighted by atomic mass is 9.99. The Bertz CT molecular complexity index is 609. The predicted octanol–water partition coefficient (Wildman–Crippen LogP) is 2.51. The number of rotatable bonds is 7. The third-order valence-electron chi connectivity index (χ3n) is 3.59. The Balaban J connectivity index is 1.70. The number of amides is 2. The standard InChI is InChI=1S/C17H22N2O3S/c1-17(21,14-8-10-23-11-14)12-19-16(20)18-9-7-13-3-5-15(22-2)6-4-13/h3-6,8,10-11,21H,7,9,12H2,1-2H3,(H2,18,19,20)/t17-/m0/s1. The lowest BCUT2D eigenvalue weighted by molar-refractivity contribution is 0.0598.